The van der Waals surface area contributed by atoms with Crippen LogP contribution in [0.3, 0.4) is 0 Å². The molecular weight excluding hydrogens is 427 g/mol. The Hall–Kier alpha value is -2.62. The van der Waals surface area contributed by atoms with E-state index >= 15 is 0 Å². The van der Waals surface area contributed by atoms with E-state index in [-0.39, 0.29) is 32.3 Å². The molecular formula is C17H14Cl2N4O4S. The Morgan fingerprint density at radius 3 is 2.54 bits per heavy atom. The number of halogens is 2. The van der Waals surface area contributed by atoms with E-state index in [9.17, 15) is 13.2 Å². The quantitative estimate of drug-likeness (QED) is 0.608. The minimum Gasteiger partial charge on any atom is -0.465 e. The molecule has 0 radical (unpaired) electrons. The van der Waals surface area contributed by atoms with Gasteiger partial charge in [-0.2, -0.15) is 5.10 Å². The maximum atomic E-state index is 13.2. The van der Waals surface area contributed by atoms with Crippen molar-refractivity contribution in [3.05, 3.63) is 64.5 Å². The summed E-state index contributed by atoms with van der Waals surface area (Å²) in [4.78, 5) is 15.8. The number of nitrogens with zero attached hydrogens (tertiary/aromatic N) is 4. The van der Waals surface area contributed by atoms with E-state index in [0.29, 0.717) is 5.69 Å². The van der Waals surface area contributed by atoms with Gasteiger partial charge in [-0.1, -0.05) is 35.3 Å². The van der Waals surface area contributed by atoms with Crippen molar-refractivity contribution in [2.24, 2.45) is 0 Å². The second kappa shape index (κ2) is 7.78. The highest BCUT2D eigenvalue weighted by Crippen LogP contribution is 2.28. The van der Waals surface area contributed by atoms with Crippen LogP contribution in [0.5, 0.6) is 0 Å². The highest BCUT2D eigenvalue weighted by Gasteiger charge is 2.27. The number of para-hydroxylation sites is 1. The zero-order valence-corrected chi connectivity index (χ0v) is 16.8. The average Bonchev–Trinajstić information content (AvgIpc) is 3.06. The molecule has 0 saturated carbocycles. The van der Waals surface area contributed by atoms with Gasteiger partial charge in [0.25, 0.3) is 0 Å². The monoisotopic (exact) mass is 440 g/mol. The Kier molecular flexibility index (Phi) is 5.59. The molecule has 0 aliphatic heterocycles. The van der Waals surface area contributed by atoms with Gasteiger partial charge in [0.1, 0.15) is 5.15 Å². The molecule has 1 aromatic carbocycles. The summed E-state index contributed by atoms with van der Waals surface area (Å²) < 4.78 is 27.5. The van der Waals surface area contributed by atoms with Crippen LogP contribution in [0.25, 0.3) is 5.69 Å². The summed E-state index contributed by atoms with van der Waals surface area (Å²) in [6.07, 6.45) is -0.0245. The summed E-state index contributed by atoms with van der Waals surface area (Å²) >= 11 is 12.0. The number of benzene rings is 1. The molecule has 3 rings (SSSR count). The average molecular weight is 441 g/mol. The Morgan fingerprint density at radius 2 is 1.93 bits per heavy atom. The topological polar surface area (TPSA) is 105 Å². The molecule has 2 aromatic heterocycles. The number of amides is 1. The van der Waals surface area contributed by atoms with Gasteiger partial charge < -0.3 is 10.0 Å². The lowest BCUT2D eigenvalue weighted by atomic mass is 10.3. The molecule has 8 nitrogen and oxygen atoms in total. The lowest BCUT2D eigenvalue weighted by Crippen LogP contribution is -2.24. The molecule has 0 spiro atoms. The fraction of sp³-hybridized carbons (Fsp3) is 0.118. The van der Waals surface area contributed by atoms with E-state index in [1.165, 1.54) is 29.9 Å². The minimum atomic E-state index is -4.03. The van der Waals surface area contributed by atoms with Gasteiger partial charge >= 0.3 is 6.09 Å². The molecule has 1 N–H and O–H groups in total. The van der Waals surface area contributed by atoms with Crippen molar-refractivity contribution >= 4 is 39.1 Å². The zero-order chi connectivity index (χ0) is 20.5. The summed E-state index contributed by atoms with van der Waals surface area (Å²) in [6, 6.07) is 10.6. The van der Waals surface area contributed by atoms with Crippen LogP contribution in [0.2, 0.25) is 10.2 Å². The molecule has 11 heteroatoms. The van der Waals surface area contributed by atoms with E-state index < -0.39 is 15.9 Å². The molecule has 2 heterocycles. The highest BCUT2D eigenvalue weighted by atomic mass is 35.5. The second-order valence-corrected chi connectivity index (χ2v) is 8.49. The summed E-state index contributed by atoms with van der Waals surface area (Å²) in [5, 5.41) is 13.6. The third-order valence-corrected chi connectivity index (χ3v) is 6.07. The van der Waals surface area contributed by atoms with Gasteiger partial charge in [-0.05, 0) is 24.3 Å². The molecule has 1 amide bonds. The Balaban J connectivity index is 2.18. The number of sulfone groups is 1. The molecule has 0 atom stereocenters. The third-order valence-electron chi connectivity index (χ3n) is 3.82. The van der Waals surface area contributed by atoms with Crippen LogP contribution in [0.15, 0.2) is 58.6 Å². The number of pyridine rings is 1. The van der Waals surface area contributed by atoms with Crippen LogP contribution >= 0.6 is 23.2 Å². The van der Waals surface area contributed by atoms with Gasteiger partial charge in [-0.15, -0.1) is 0 Å². The maximum absolute atomic E-state index is 13.2. The van der Waals surface area contributed by atoms with Crippen LogP contribution in [-0.2, 0) is 16.4 Å². The minimum absolute atomic E-state index is 0.0803. The molecule has 28 heavy (non-hydrogen) atoms. The lowest BCUT2D eigenvalue weighted by molar-refractivity contribution is 0.153. The standard InChI is InChI=1S/C17H14Cl2N4O4S/c1-22(17(24)25)10-11-8-16(23(21-11)14-5-3-2-4-13(14)18)28(26,27)12-6-7-15(19)20-9-12/h2-9H,10H2,1H3,(H,24,25). The van der Waals surface area contributed by atoms with Gasteiger partial charge in [0, 0.05) is 19.3 Å². The Morgan fingerprint density at radius 1 is 1.21 bits per heavy atom. The molecule has 0 unspecified atom stereocenters. The third kappa shape index (κ3) is 3.96. The number of hydrogen-bond acceptors (Lipinski definition) is 5. The maximum Gasteiger partial charge on any atom is 0.407 e. The van der Waals surface area contributed by atoms with E-state index in [0.717, 1.165) is 11.1 Å². The summed E-state index contributed by atoms with van der Waals surface area (Å²) in [7, 11) is -2.68. The first-order chi connectivity index (χ1) is 13.2. The zero-order valence-electron chi connectivity index (χ0n) is 14.5. The van der Waals surface area contributed by atoms with Crippen LogP contribution in [-0.4, -0.2) is 46.3 Å². The normalized spacial score (nSPS) is 11.4. The van der Waals surface area contributed by atoms with Crippen molar-refractivity contribution in [3.63, 3.8) is 0 Å². The van der Waals surface area contributed by atoms with Crippen molar-refractivity contribution in [1.82, 2.24) is 19.7 Å². The first-order valence-corrected chi connectivity index (χ1v) is 10.1. The number of carboxylic acid groups (broad SMARTS) is 1. The first kappa shape index (κ1) is 20.1. The number of aromatic nitrogens is 3. The summed E-state index contributed by atoms with van der Waals surface area (Å²) in [5.41, 5.74) is 0.583. The van der Waals surface area contributed by atoms with Gasteiger partial charge in [0.05, 0.1) is 27.8 Å². The van der Waals surface area contributed by atoms with Crippen molar-refractivity contribution in [2.75, 3.05) is 7.05 Å². The molecule has 0 fully saturated rings. The van der Waals surface area contributed by atoms with Crippen LogP contribution in [0.1, 0.15) is 5.69 Å². The molecule has 146 valence electrons. The van der Waals surface area contributed by atoms with Crippen LogP contribution in [0.4, 0.5) is 4.79 Å². The largest absolute Gasteiger partial charge is 0.465 e. The number of carbonyl (C=O) groups is 1. The lowest BCUT2D eigenvalue weighted by Gasteiger charge is -2.10. The fourth-order valence-corrected chi connectivity index (χ4v) is 4.09. The SMILES string of the molecule is CN(Cc1cc(S(=O)(=O)c2ccc(Cl)nc2)n(-c2ccccc2Cl)n1)C(=O)O. The molecule has 0 saturated heterocycles. The fourth-order valence-electron chi connectivity index (χ4n) is 2.43. The van der Waals surface area contributed by atoms with E-state index in [1.54, 1.807) is 24.3 Å². The van der Waals surface area contributed by atoms with Crippen molar-refractivity contribution < 1.29 is 18.3 Å². The van der Waals surface area contributed by atoms with Crippen LogP contribution in [0, 0.1) is 0 Å². The summed E-state index contributed by atoms with van der Waals surface area (Å²) in [5.74, 6) is 0. The van der Waals surface area contributed by atoms with E-state index in [4.69, 9.17) is 28.3 Å². The predicted molar refractivity (Wildman–Crippen MR) is 103 cm³/mol. The van der Waals surface area contributed by atoms with Gasteiger partial charge in [-0.25, -0.2) is 22.9 Å². The van der Waals surface area contributed by atoms with Crippen molar-refractivity contribution in [2.45, 2.75) is 16.5 Å². The Labute approximate surface area is 170 Å². The Bertz CT molecular complexity index is 1130. The number of hydrogen-bond donors (Lipinski definition) is 1. The van der Waals surface area contributed by atoms with E-state index in [2.05, 4.69) is 10.1 Å². The van der Waals surface area contributed by atoms with Gasteiger partial charge in [0.2, 0.25) is 9.84 Å². The molecule has 0 bridgehead atoms. The smallest absolute Gasteiger partial charge is 0.407 e. The molecule has 0 aliphatic carbocycles. The van der Waals surface area contributed by atoms with Crippen molar-refractivity contribution in [3.8, 4) is 5.69 Å². The summed E-state index contributed by atoms with van der Waals surface area (Å²) in [6.45, 7) is -0.103. The molecule has 3 aromatic rings. The van der Waals surface area contributed by atoms with Crippen molar-refractivity contribution in [1.29, 1.82) is 0 Å². The van der Waals surface area contributed by atoms with E-state index in [1.807, 2.05) is 0 Å². The van der Waals surface area contributed by atoms with Gasteiger partial charge in [0.15, 0.2) is 5.03 Å². The second-order valence-electron chi connectivity index (χ2n) is 5.80. The number of rotatable bonds is 5. The molecule has 0 aliphatic rings. The van der Waals surface area contributed by atoms with Gasteiger partial charge in [-0.3, -0.25) is 0 Å². The first-order valence-electron chi connectivity index (χ1n) is 7.84. The highest BCUT2D eigenvalue weighted by molar-refractivity contribution is 7.91. The van der Waals surface area contributed by atoms with Crippen LogP contribution < -0.4 is 0 Å². The predicted octanol–water partition coefficient (Wildman–Crippen LogP) is 3.52.